The molecule has 1 aromatic heterocycles. The number of ether oxygens (including phenoxy) is 1. The predicted molar refractivity (Wildman–Crippen MR) is 35.4 cm³/mol. The molecule has 0 aromatic carbocycles. The third-order valence-corrected chi connectivity index (χ3v) is 1.21. The predicted octanol–water partition coefficient (Wildman–Crippen LogP) is -0.153. The summed E-state index contributed by atoms with van der Waals surface area (Å²) in [6.45, 7) is 0. The van der Waals surface area contributed by atoms with E-state index >= 15 is 0 Å². The van der Waals surface area contributed by atoms with Crippen LogP contribution in [0.15, 0.2) is 17.0 Å². The lowest BCUT2D eigenvalue weighted by Crippen LogP contribution is -2.21. The Hall–Kier alpha value is -1.36. The lowest BCUT2D eigenvalue weighted by atomic mass is 10.3. The minimum Gasteiger partial charge on any atom is -0.468 e. The van der Waals surface area contributed by atoms with Crippen molar-refractivity contribution < 1.29 is 13.9 Å². The molecule has 5 heteroatoms. The molecule has 60 valence electrons. The summed E-state index contributed by atoms with van der Waals surface area (Å²) in [6, 6.07) is -0.873. The fraction of sp³-hybridized carbons (Fsp3) is 0.333. The quantitative estimate of drug-likeness (QED) is 0.602. The Labute approximate surface area is 63.2 Å². The van der Waals surface area contributed by atoms with Crippen molar-refractivity contribution >= 4 is 5.97 Å². The zero-order chi connectivity index (χ0) is 8.27. The van der Waals surface area contributed by atoms with Gasteiger partial charge in [0.1, 0.15) is 0 Å². The number of carbonyl (C=O) groups excluding carboxylic acids is 1. The molecule has 0 radical (unpaired) electrons. The molecule has 0 saturated heterocycles. The summed E-state index contributed by atoms with van der Waals surface area (Å²) in [5.41, 5.74) is 5.39. The van der Waals surface area contributed by atoms with Crippen LogP contribution in [0.1, 0.15) is 11.8 Å². The average Bonchev–Trinajstić information content (AvgIpc) is 2.53. The maximum atomic E-state index is 10.8. The summed E-state index contributed by atoms with van der Waals surface area (Å²) in [5, 5.41) is 0. The highest BCUT2D eigenvalue weighted by Crippen LogP contribution is 2.09. The highest BCUT2D eigenvalue weighted by atomic mass is 16.5. The van der Waals surface area contributed by atoms with Crippen molar-refractivity contribution in [2.75, 3.05) is 7.11 Å². The van der Waals surface area contributed by atoms with E-state index in [1.165, 1.54) is 19.7 Å². The molecule has 1 heterocycles. The molecule has 0 aliphatic rings. The van der Waals surface area contributed by atoms with Gasteiger partial charge in [0.25, 0.3) is 0 Å². The zero-order valence-corrected chi connectivity index (χ0v) is 5.98. The van der Waals surface area contributed by atoms with E-state index < -0.39 is 12.0 Å². The van der Waals surface area contributed by atoms with Crippen molar-refractivity contribution in [1.82, 2.24) is 4.98 Å². The normalized spacial score (nSPS) is 12.5. The van der Waals surface area contributed by atoms with Gasteiger partial charge in [-0.2, -0.15) is 0 Å². The number of esters is 1. The maximum absolute atomic E-state index is 10.8. The molecule has 0 spiro atoms. The highest BCUT2D eigenvalue weighted by Gasteiger charge is 2.18. The maximum Gasteiger partial charge on any atom is 0.330 e. The molecular weight excluding hydrogens is 148 g/mol. The lowest BCUT2D eigenvalue weighted by molar-refractivity contribution is -0.142. The molecule has 0 amide bonds. The number of nitrogens with zero attached hydrogens (tertiary/aromatic N) is 1. The molecule has 1 atom stereocenters. The van der Waals surface area contributed by atoms with E-state index in [1.54, 1.807) is 0 Å². The summed E-state index contributed by atoms with van der Waals surface area (Å²) in [7, 11) is 1.26. The third kappa shape index (κ3) is 1.56. The molecule has 2 N–H and O–H groups in total. The van der Waals surface area contributed by atoms with Crippen LogP contribution in [0.3, 0.4) is 0 Å². The van der Waals surface area contributed by atoms with Crippen LogP contribution in [0.2, 0.25) is 0 Å². The van der Waals surface area contributed by atoms with E-state index in [4.69, 9.17) is 10.2 Å². The van der Waals surface area contributed by atoms with Crippen LogP contribution in [0.5, 0.6) is 0 Å². The Morgan fingerprint density at radius 3 is 3.09 bits per heavy atom. The molecule has 5 nitrogen and oxygen atoms in total. The van der Waals surface area contributed by atoms with Gasteiger partial charge in [0.05, 0.1) is 13.3 Å². The van der Waals surface area contributed by atoms with Crippen LogP contribution >= 0.6 is 0 Å². The Balaban J connectivity index is 2.70. The number of methoxy groups -OCH3 is 1. The minimum atomic E-state index is -0.873. The first-order chi connectivity index (χ1) is 5.25. The third-order valence-electron chi connectivity index (χ3n) is 1.21. The molecule has 0 bridgehead atoms. The van der Waals surface area contributed by atoms with E-state index in [2.05, 4.69) is 9.72 Å². The van der Waals surface area contributed by atoms with E-state index in [0.29, 0.717) is 5.76 Å². The van der Waals surface area contributed by atoms with Gasteiger partial charge in [-0.3, -0.25) is 0 Å². The van der Waals surface area contributed by atoms with Crippen molar-refractivity contribution in [3.8, 4) is 0 Å². The lowest BCUT2D eigenvalue weighted by Gasteiger charge is -2.03. The minimum absolute atomic E-state index is 0.303. The van der Waals surface area contributed by atoms with Crippen molar-refractivity contribution in [3.05, 3.63) is 18.4 Å². The number of oxazole rings is 1. The Bertz CT molecular complexity index is 232. The summed E-state index contributed by atoms with van der Waals surface area (Å²) < 4.78 is 9.17. The number of rotatable bonds is 2. The number of hydrogen-bond acceptors (Lipinski definition) is 5. The van der Waals surface area contributed by atoms with Crippen LogP contribution in [-0.4, -0.2) is 18.1 Å². The molecule has 0 fully saturated rings. The molecule has 0 aliphatic heterocycles. The smallest absolute Gasteiger partial charge is 0.330 e. The Morgan fingerprint density at radius 2 is 2.64 bits per heavy atom. The molecular formula is C6H8N2O3. The summed E-state index contributed by atoms with van der Waals surface area (Å²) in [6.07, 6.45) is 2.58. The summed E-state index contributed by atoms with van der Waals surface area (Å²) >= 11 is 0. The van der Waals surface area contributed by atoms with E-state index in [9.17, 15) is 4.79 Å². The molecule has 1 aromatic rings. The van der Waals surface area contributed by atoms with Gasteiger partial charge in [-0.15, -0.1) is 0 Å². The van der Waals surface area contributed by atoms with Crippen molar-refractivity contribution in [2.45, 2.75) is 6.04 Å². The van der Waals surface area contributed by atoms with Crippen LogP contribution in [0.25, 0.3) is 0 Å². The number of nitrogens with two attached hydrogens (primary N) is 1. The van der Waals surface area contributed by atoms with Crippen molar-refractivity contribution in [1.29, 1.82) is 0 Å². The van der Waals surface area contributed by atoms with Crippen LogP contribution < -0.4 is 5.73 Å². The number of hydrogen-bond donors (Lipinski definition) is 1. The van der Waals surface area contributed by atoms with Gasteiger partial charge in [0.2, 0.25) is 0 Å². The first kappa shape index (κ1) is 7.74. The number of aromatic nitrogens is 1. The van der Waals surface area contributed by atoms with Gasteiger partial charge < -0.3 is 14.9 Å². The van der Waals surface area contributed by atoms with Gasteiger partial charge >= 0.3 is 5.97 Å². The highest BCUT2D eigenvalue weighted by molar-refractivity contribution is 5.76. The molecule has 1 unspecified atom stereocenters. The monoisotopic (exact) mass is 156 g/mol. The second kappa shape index (κ2) is 3.16. The van der Waals surface area contributed by atoms with E-state index in [1.807, 2.05) is 0 Å². The van der Waals surface area contributed by atoms with Crippen LogP contribution in [0.4, 0.5) is 0 Å². The fourth-order valence-corrected chi connectivity index (χ4v) is 0.622. The Kier molecular flexibility index (Phi) is 2.22. The first-order valence-electron chi connectivity index (χ1n) is 2.97. The molecule has 1 rings (SSSR count). The average molecular weight is 156 g/mol. The SMILES string of the molecule is COC(=O)C(N)c1cnco1. The van der Waals surface area contributed by atoms with Gasteiger partial charge in [-0.25, -0.2) is 9.78 Å². The van der Waals surface area contributed by atoms with Gasteiger partial charge in [0.15, 0.2) is 18.2 Å². The van der Waals surface area contributed by atoms with Gasteiger partial charge in [-0.05, 0) is 0 Å². The van der Waals surface area contributed by atoms with E-state index in [0.717, 1.165) is 0 Å². The molecule has 11 heavy (non-hydrogen) atoms. The first-order valence-corrected chi connectivity index (χ1v) is 2.97. The largest absolute Gasteiger partial charge is 0.468 e. The van der Waals surface area contributed by atoms with Gasteiger partial charge in [-0.1, -0.05) is 0 Å². The van der Waals surface area contributed by atoms with Crippen molar-refractivity contribution in [3.63, 3.8) is 0 Å². The zero-order valence-electron chi connectivity index (χ0n) is 5.98. The second-order valence-corrected chi connectivity index (χ2v) is 1.90. The van der Waals surface area contributed by atoms with E-state index in [-0.39, 0.29) is 0 Å². The fourth-order valence-electron chi connectivity index (χ4n) is 0.622. The van der Waals surface area contributed by atoms with Crippen LogP contribution in [-0.2, 0) is 9.53 Å². The number of carbonyl (C=O) groups is 1. The van der Waals surface area contributed by atoms with Crippen molar-refractivity contribution in [2.24, 2.45) is 5.73 Å². The topological polar surface area (TPSA) is 78.4 Å². The molecule has 0 saturated carbocycles. The summed E-state index contributed by atoms with van der Waals surface area (Å²) in [5.74, 6) is -0.237. The Morgan fingerprint density at radius 1 is 1.91 bits per heavy atom. The summed E-state index contributed by atoms with van der Waals surface area (Å²) in [4.78, 5) is 14.4. The molecule has 0 aliphatic carbocycles. The standard InChI is InChI=1S/C6H8N2O3/c1-10-6(9)5(7)4-2-8-3-11-4/h2-3,5H,7H2,1H3. The van der Waals surface area contributed by atoms with Crippen LogP contribution in [0, 0.1) is 0 Å². The van der Waals surface area contributed by atoms with Gasteiger partial charge in [0, 0.05) is 0 Å². The second-order valence-electron chi connectivity index (χ2n) is 1.90.